The largest absolute Gasteiger partial charge is 0.382 e. The van der Waals surface area contributed by atoms with Gasteiger partial charge >= 0.3 is 0 Å². The molecule has 13 heavy (non-hydrogen) atoms. The summed E-state index contributed by atoms with van der Waals surface area (Å²) >= 11 is 0. The van der Waals surface area contributed by atoms with Crippen molar-refractivity contribution >= 4 is 8.80 Å². The maximum absolute atomic E-state index is 5.80. The highest BCUT2D eigenvalue weighted by Crippen LogP contribution is 2.18. The third kappa shape index (κ3) is 4.25. The molecule has 0 radical (unpaired) electrons. The summed E-state index contributed by atoms with van der Waals surface area (Å²) in [5.41, 5.74) is 6.15. The van der Waals surface area contributed by atoms with E-state index in [1.165, 1.54) is 38.1 Å². The van der Waals surface area contributed by atoms with Crippen molar-refractivity contribution in [2.75, 3.05) is 13.2 Å². The van der Waals surface area contributed by atoms with Gasteiger partial charge in [0.05, 0.1) is 8.80 Å². The van der Waals surface area contributed by atoms with Gasteiger partial charge in [0, 0.05) is 12.3 Å². The van der Waals surface area contributed by atoms with E-state index >= 15 is 0 Å². The second-order valence-corrected chi connectivity index (χ2v) is 7.44. The maximum Gasteiger partial charge on any atom is 0.0686 e. The number of rotatable bonds is 5. The van der Waals surface area contributed by atoms with Crippen molar-refractivity contribution < 1.29 is 4.74 Å². The predicted octanol–water partition coefficient (Wildman–Crippen LogP) is 1.69. The molecule has 78 valence electrons. The van der Waals surface area contributed by atoms with Gasteiger partial charge in [0.25, 0.3) is 0 Å². The molecule has 0 spiro atoms. The van der Waals surface area contributed by atoms with Crippen LogP contribution in [0.2, 0.25) is 12.6 Å². The molecule has 1 aliphatic rings. The second kappa shape index (κ2) is 6.57. The van der Waals surface area contributed by atoms with Gasteiger partial charge in [-0.2, -0.15) is 0 Å². The van der Waals surface area contributed by atoms with Gasteiger partial charge < -0.3 is 10.5 Å². The molecule has 0 aromatic carbocycles. The monoisotopic (exact) mass is 201 g/mol. The molecule has 3 heteroatoms. The van der Waals surface area contributed by atoms with Crippen LogP contribution in [0.4, 0.5) is 0 Å². The average molecular weight is 201 g/mol. The second-order valence-electron chi connectivity index (χ2n) is 4.17. The van der Waals surface area contributed by atoms with Crippen LogP contribution in [0.15, 0.2) is 0 Å². The first-order valence-electron chi connectivity index (χ1n) is 5.66. The number of hydrogen-bond donors (Lipinski definition) is 1. The molecular weight excluding hydrogens is 178 g/mol. The minimum atomic E-state index is -0.593. The lowest BCUT2D eigenvalue weighted by Crippen LogP contribution is -2.33. The molecule has 1 heterocycles. The van der Waals surface area contributed by atoms with Crippen LogP contribution in [0.25, 0.3) is 0 Å². The van der Waals surface area contributed by atoms with E-state index in [-0.39, 0.29) is 0 Å². The molecule has 0 aromatic rings. The zero-order valence-electron chi connectivity index (χ0n) is 8.80. The van der Waals surface area contributed by atoms with Crippen LogP contribution >= 0.6 is 0 Å². The fourth-order valence-corrected chi connectivity index (χ4v) is 4.58. The molecule has 2 atom stereocenters. The molecule has 0 saturated carbocycles. The van der Waals surface area contributed by atoms with Gasteiger partial charge in [-0.05, 0) is 32.2 Å². The molecule has 0 bridgehead atoms. The molecule has 0 aliphatic carbocycles. The Morgan fingerprint density at radius 1 is 1.38 bits per heavy atom. The summed E-state index contributed by atoms with van der Waals surface area (Å²) < 4.78 is 5.80. The van der Waals surface area contributed by atoms with Gasteiger partial charge in [-0.15, -0.1) is 0 Å². The molecule has 2 nitrogen and oxygen atoms in total. The molecular formula is C10H23NOSi. The first-order chi connectivity index (χ1) is 6.34. The van der Waals surface area contributed by atoms with Gasteiger partial charge in [-0.1, -0.05) is 19.0 Å². The van der Waals surface area contributed by atoms with Crippen LogP contribution in [0.5, 0.6) is 0 Å². The molecule has 2 unspecified atom stereocenters. The molecule has 0 amide bonds. The fraction of sp³-hybridized carbons (Fsp3) is 1.00. The Bertz CT molecular complexity index is 126. The van der Waals surface area contributed by atoms with Crippen LogP contribution in [-0.4, -0.2) is 27.7 Å². The van der Waals surface area contributed by atoms with Crippen LogP contribution in [0.3, 0.4) is 0 Å². The third-order valence-electron chi connectivity index (χ3n) is 2.96. The van der Waals surface area contributed by atoms with Crippen molar-refractivity contribution in [2.45, 2.75) is 50.4 Å². The lowest BCUT2D eigenvalue weighted by atomic mass is 10.2. The topological polar surface area (TPSA) is 35.2 Å². The van der Waals surface area contributed by atoms with E-state index < -0.39 is 8.80 Å². The standard InChI is InChI=1S/C10H23NOSi/c1-13(9-5-3-7-11)10-6-2-4-8-12-10/h10,13H,2-9,11H2,1H3. The van der Waals surface area contributed by atoms with Crippen LogP contribution < -0.4 is 5.73 Å². The Balaban J connectivity index is 2.09. The molecule has 1 aliphatic heterocycles. The van der Waals surface area contributed by atoms with Crippen molar-refractivity contribution in [2.24, 2.45) is 5.73 Å². The Morgan fingerprint density at radius 3 is 2.85 bits per heavy atom. The molecule has 2 N–H and O–H groups in total. The van der Waals surface area contributed by atoms with Crippen molar-refractivity contribution in [1.29, 1.82) is 0 Å². The van der Waals surface area contributed by atoms with Crippen LogP contribution in [0.1, 0.15) is 32.1 Å². The van der Waals surface area contributed by atoms with E-state index in [2.05, 4.69) is 6.55 Å². The molecule has 1 rings (SSSR count). The van der Waals surface area contributed by atoms with Gasteiger partial charge in [-0.3, -0.25) is 0 Å². The highest BCUT2D eigenvalue weighted by atomic mass is 28.3. The van der Waals surface area contributed by atoms with Crippen molar-refractivity contribution in [1.82, 2.24) is 0 Å². The van der Waals surface area contributed by atoms with Crippen LogP contribution in [-0.2, 0) is 4.74 Å². The van der Waals surface area contributed by atoms with E-state index in [4.69, 9.17) is 10.5 Å². The maximum atomic E-state index is 5.80. The smallest absolute Gasteiger partial charge is 0.0686 e. The summed E-state index contributed by atoms with van der Waals surface area (Å²) in [6.07, 6.45) is 6.52. The van der Waals surface area contributed by atoms with Gasteiger partial charge in [0.1, 0.15) is 0 Å². The summed E-state index contributed by atoms with van der Waals surface area (Å²) in [4.78, 5) is 0. The summed E-state index contributed by atoms with van der Waals surface area (Å²) in [6, 6.07) is 1.42. The Morgan fingerprint density at radius 2 is 2.23 bits per heavy atom. The quantitative estimate of drug-likeness (QED) is 0.543. The normalized spacial score (nSPS) is 25.8. The average Bonchev–Trinajstić information content (AvgIpc) is 2.19. The van der Waals surface area contributed by atoms with E-state index in [0.29, 0.717) is 5.73 Å². The summed E-state index contributed by atoms with van der Waals surface area (Å²) in [6.45, 7) is 4.32. The van der Waals surface area contributed by atoms with Crippen LogP contribution in [0, 0.1) is 0 Å². The van der Waals surface area contributed by atoms with Gasteiger partial charge in [0.2, 0.25) is 0 Å². The van der Waals surface area contributed by atoms with E-state index in [9.17, 15) is 0 Å². The lowest BCUT2D eigenvalue weighted by molar-refractivity contribution is 0.0625. The SMILES string of the molecule is C[SiH](CCCCN)C1CCCCO1. The summed E-state index contributed by atoms with van der Waals surface area (Å²) in [7, 11) is -0.593. The zero-order chi connectivity index (χ0) is 9.52. The Hall–Kier alpha value is 0.137. The summed E-state index contributed by atoms with van der Waals surface area (Å²) in [5.74, 6) is 0. The number of hydrogen-bond acceptors (Lipinski definition) is 2. The van der Waals surface area contributed by atoms with E-state index in [0.717, 1.165) is 13.2 Å². The molecule has 1 fully saturated rings. The summed E-state index contributed by atoms with van der Waals surface area (Å²) in [5, 5.41) is 0. The zero-order valence-corrected chi connectivity index (χ0v) is 9.95. The predicted molar refractivity (Wildman–Crippen MR) is 59.7 cm³/mol. The minimum absolute atomic E-state index is 0.593. The van der Waals surface area contributed by atoms with Crippen molar-refractivity contribution in [3.05, 3.63) is 0 Å². The van der Waals surface area contributed by atoms with Gasteiger partial charge in [-0.25, -0.2) is 0 Å². The Labute approximate surface area is 83.4 Å². The highest BCUT2D eigenvalue weighted by molar-refractivity contribution is 6.58. The van der Waals surface area contributed by atoms with Crippen molar-refractivity contribution in [3.8, 4) is 0 Å². The van der Waals surface area contributed by atoms with Crippen molar-refractivity contribution in [3.63, 3.8) is 0 Å². The van der Waals surface area contributed by atoms with Gasteiger partial charge in [0.15, 0.2) is 0 Å². The number of nitrogens with two attached hydrogens (primary N) is 1. The molecule has 1 saturated heterocycles. The fourth-order valence-electron chi connectivity index (χ4n) is 2.01. The van der Waals surface area contributed by atoms with E-state index in [1.54, 1.807) is 0 Å². The first-order valence-corrected chi connectivity index (χ1v) is 8.30. The first kappa shape index (κ1) is 11.2. The highest BCUT2D eigenvalue weighted by Gasteiger charge is 2.21. The van der Waals surface area contributed by atoms with E-state index in [1.807, 2.05) is 0 Å². The minimum Gasteiger partial charge on any atom is -0.382 e. The number of unbranched alkanes of at least 4 members (excludes halogenated alkanes) is 1. The molecule has 0 aromatic heterocycles. The lowest BCUT2D eigenvalue weighted by Gasteiger charge is -2.27. The number of ether oxygens (including phenoxy) is 1. The third-order valence-corrected chi connectivity index (χ3v) is 6.08. The Kier molecular flexibility index (Phi) is 5.67.